The van der Waals surface area contributed by atoms with Gasteiger partial charge in [0.1, 0.15) is 0 Å². The molecular formula is C26H49BO6Si. The number of methoxy groups -OCH3 is 1. The third-order valence-corrected chi connectivity index (χ3v) is 13.0. The van der Waals surface area contributed by atoms with Crippen molar-refractivity contribution in [3.8, 4) is 0 Å². The van der Waals surface area contributed by atoms with E-state index in [0.717, 1.165) is 23.6 Å². The van der Waals surface area contributed by atoms with Gasteiger partial charge >= 0.3 is 13.1 Å². The standard InChI is InChI=1S/C26H49BO6Si/c1-12-34(13-2,14-3)31-21-19-26(29-11,17-18-30-22(28)23(4,5)6)16-15-20(21)27-32-24(7,8)25(9,10)33-27/h15,21H,12-14,16-19H2,1-11H3/t21-,26+/m1/s1. The molecule has 0 unspecified atom stereocenters. The van der Waals surface area contributed by atoms with Crippen LogP contribution in [0.4, 0.5) is 0 Å². The molecule has 0 bridgehead atoms. The van der Waals surface area contributed by atoms with Crippen molar-refractivity contribution in [1.82, 2.24) is 0 Å². The molecule has 2 rings (SSSR count). The number of carbonyl (C=O) groups excluding carboxylic acids is 1. The van der Waals surface area contributed by atoms with Crippen LogP contribution in [0.5, 0.6) is 0 Å². The molecule has 0 aromatic rings. The van der Waals surface area contributed by atoms with Crippen LogP contribution >= 0.6 is 0 Å². The maximum absolute atomic E-state index is 12.3. The minimum atomic E-state index is -1.91. The first-order chi connectivity index (χ1) is 15.6. The number of hydrogen-bond acceptors (Lipinski definition) is 6. The van der Waals surface area contributed by atoms with Crippen LogP contribution in [0.15, 0.2) is 11.5 Å². The molecule has 0 spiro atoms. The van der Waals surface area contributed by atoms with Crippen LogP contribution in [0.3, 0.4) is 0 Å². The normalized spacial score (nSPS) is 27.0. The van der Waals surface area contributed by atoms with Crippen LogP contribution in [-0.2, 0) is 28.0 Å². The third-order valence-electron chi connectivity index (χ3n) is 8.33. The second-order valence-corrected chi connectivity index (χ2v) is 16.8. The molecule has 6 nitrogen and oxygen atoms in total. The van der Waals surface area contributed by atoms with Gasteiger partial charge in [0, 0.05) is 20.0 Å². The Morgan fingerprint density at radius 3 is 2.06 bits per heavy atom. The number of rotatable bonds is 10. The molecule has 196 valence electrons. The van der Waals surface area contributed by atoms with Gasteiger partial charge in [0.15, 0.2) is 8.32 Å². The molecule has 0 aromatic carbocycles. The van der Waals surface area contributed by atoms with Gasteiger partial charge in [-0.3, -0.25) is 4.79 Å². The zero-order chi connectivity index (χ0) is 26.0. The Morgan fingerprint density at radius 2 is 1.62 bits per heavy atom. The number of ether oxygens (including phenoxy) is 2. The summed E-state index contributed by atoms with van der Waals surface area (Å²) in [5.41, 5.74) is -0.712. The highest BCUT2D eigenvalue weighted by atomic mass is 28.4. The summed E-state index contributed by atoms with van der Waals surface area (Å²) in [4.78, 5) is 12.3. The lowest BCUT2D eigenvalue weighted by molar-refractivity contribution is -0.155. The molecule has 34 heavy (non-hydrogen) atoms. The Labute approximate surface area is 209 Å². The maximum Gasteiger partial charge on any atom is 0.492 e. The van der Waals surface area contributed by atoms with Crippen molar-refractivity contribution in [2.24, 2.45) is 5.41 Å². The lowest BCUT2D eigenvalue weighted by Crippen LogP contribution is -2.49. The van der Waals surface area contributed by atoms with Crippen LogP contribution in [0.25, 0.3) is 0 Å². The highest BCUT2D eigenvalue weighted by molar-refractivity contribution is 6.73. The molecule has 2 atom stereocenters. The molecule has 2 aliphatic rings. The minimum Gasteiger partial charge on any atom is -0.465 e. The molecule has 0 aromatic heterocycles. The van der Waals surface area contributed by atoms with Gasteiger partial charge in [-0.15, -0.1) is 0 Å². The summed E-state index contributed by atoms with van der Waals surface area (Å²) in [7, 11) is -0.590. The second-order valence-electron chi connectivity index (χ2n) is 12.1. The number of carbonyl (C=O) groups is 1. The van der Waals surface area contributed by atoms with Crippen molar-refractivity contribution in [2.75, 3.05) is 13.7 Å². The van der Waals surface area contributed by atoms with Gasteiger partial charge < -0.3 is 23.2 Å². The Bertz CT molecular complexity index is 716. The Morgan fingerprint density at radius 1 is 1.09 bits per heavy atom. The SMILES string of the molecule is CC[Si](CC)(CC)O[C@@H]1C[C@](CCOC(=O)C(C)(C)C)(OC)CC=C1B1OC(C)(C)C(C)(C)O1. The lowest BCUT2D eigenvalue weighted by Gasteiger charge is -2.43. The molecule has 1 aliphatic carbocycles. The number of esters is 1. The first-order valence-corrected chi connectivity index (χ1v) is 15.6. The highest BCUT2D eigenvalue weighted by Crippen LogP contribution is 2.44. The van der Waals surface area contributed by atoms with Gasteiger partial charge in [-0.25, -0.2) is 0 Å². The van der Waals surface area contributed by atoms with Crippen LogP contribution in [0.1, 0.15) is 88.5 Å². The summed E-state index contributed by atoms with van der Waals surface area (Å²) in [5, 5.41) is 0. The van der Waals surface area contributed by atoms with Crippen LogP contribution in [-0.4, -0.2) is 58.0 Å². The van der Waals surface area contributed by atoms with E-state index in [0.29, 0.717) is 25.9 Å². The molecule has 0 amide bonds. The van der Waals surface area contributed by atoms with E-state index in [1.165, 1.54) is 0 Å². The Kier molecular flexibility index (Phi) is 9.35. The molecule has 0 radical (unpaired) electrons. The van der Waals surface area contributed by atoms with E-state index in [1.54, 1.807) is 7.11 Å². The van der Waals surface area contributed by atoms with Crippen molar-refractivity contribution < 1.29 is 28.0 Å². The minimum absolute atomic E-state index is 0.145. The summed E-state index contributed by atoms with van der Waals surface area (Å²) < 4.78 is 31.6. The average molecular weight is 497 g/mol. The fourth-order valence-electron chi connectivity index (χ4n) is 4.63. The predicted octanol–water partition coefficient (Wildman–Crippen LogP) is 6.09. The zero-order valence-electron chi connectivity index (χ0n) is 23.6. The lowest BCUT2D eigenvalue weighted by atomic mass is 9.67. The molecular weight excluding hydrogens is 447 g/mol. The maximum atomic E-state index is 12.3. The topological polar surface area (TPSA) is 63.2 Å². The monoisotopic (exact) mass is 496 g/mol. The van der Waals surface area contributed by atoms with Crippen LogP contribution in [0, 0.1) is 5.41 Å². The van der Waals surface area contributed by atoms with E-state index in [4.69, 9.17) is 23.2 Å². The smallest absolute Gasteiger partial charge is 0.465 e. The highest BCUT2D eigenvalue weighted by Gasteiger charge is 2.55. The van der Waals surface area contributed by atoms with Gasteiger partial charge in [-0.1, -0.05) is 26.8 Å². The van der Waals surface area contributed by atoms with Crippen molar-refractivity contribution in [2.45, 2.75) is 130 Å². The van der Waals surface area contributed by atoms with Crippen molar-refractivity contribution in [1.29, 1.82) is 0 Å². The quantitative estimate of drug-likeness (QED) is 0.269. The summed E-state index contributed by atoms with van der Waals surface area (Å²) >= 11 is 0. The second kappa shape index (κ2) is 10.8. The van der Waals surface area contributed by atoms with E-state index < -0.39 is 37.7 Å². The first kappa shape index (κ1) is 29.6. The zero-order valence-corrected chi connectivity index (χ0v) is 24.6. The third kappa shape index (κ3) is 6.36. The van der Waals surface area contributed by atoms with Gasteiger partial charge in [-0.05, 0) is 78.5 Å². The molecule has 1 heterocycles. The van der Waals surface area contributed by atoms with Gasteiger partial charge in [0.2, 0.25) is 0 Å². The average Bonchev–Trinajstić information content (AvgIpc) is 2.98. The van der Waals surface area contributed by atoms with Crippen molar-refractivity contribution in [3.05, 3.63) is 11.5 Å². The van der Waals surface area contributed by atoms with Gasteiger partial charge in [-0.2, -0.15) is 0 Å². The summed E-state index contributed by atoms with van der Waals surface area (Å²) in [6.45, 7) is 21.0. The first-order valence-electron chi connectivity index (χ1n) is 13.1. The summed E-state index contributed by atoms with van der Waals surface area (Å²) in [6, 6.07) is 3.20. The summed E-state index contributed by atoms with van der Waals surface area (Å²) in [6.07, 6.45) is 4.08. The Hall–Kier alpha value is -0.668. The van der Waals surface area contributed by atoms with Gasteiger partial charge in [0.05, 0.1) is 34.9 Å². The van der Waals surface area contributed by atoms with E-state index in [9.17, 15) is 4.79 Å². The van der Waals surface area contributed by atoms with E-state index in [-0.39, 0.29) is 12.1 Å². The van der Waals surface area contributed by atoms with Crippen molar-refractivity contribution in [3.63, 3.8) is 0 Å². The fourth-order valence-corrected chi connectivity index (χ4v) is 7.46. The van der Waals surface area contributed by atoms with Gasteiger partial charge in [0.25, 0.3) is 0 Å². The molecule has 1 aliphatic heterocycles. The molecule has 0 N–H and O–H groups in total. The van der Waals surface area contributed by atoms with Crippen LogP contribution in [0.2, 0.25) is 18.1 Å². The van der Waals surface area contributed by atoms with Crippen LogP contribution < -0.4 is 0 Å². The fraction of sp³-hybridized carbons (Fsp3) is 0.885. The van der Waals surface area contributed by atoms with E-state index in [1.807, 2.05) is 20.8 Å². The molecule has 0 saturated carbocycles. The number of hydrogen-bond donors (Lipinski definition) is 0. The van der Waals surface area contributed by atoms with E-state index >= 15 is 0 Å². The molecule has 1 saturated heterocycles. The predicted molar refractivity (Wildman–Crippen MR) is 140 cm³/mol. The van der Waals surface area contributed by atoms with E-state index in [2.05, 4.69) is 54.5 Å². The molecule has 1 fully saturated rings. The molecule has 8 heteroatoms. The summed E-state index contributed by atoms with van der Waals surface area (Å²) in [5.74, 6) is -0.190. The Balaban J connectivity index is 2.31. The largest absolute Gasteiger partial charge is 0.492 e. The van der Waals surface area contributed by atoms with Crippen molar-refractivity contribution >= 4 is 21.4 Å².